The minimum absolute atomic E-state index is 0.0436. The minimum atomic E-state index is -0.0965. The number of ether oxygens (including phenoxy) is 1. The number of nitrogens with zero attached hydrogens (tertiary/aromatic N) is 2. The Hall–Kier alpha value is -2.53. The van der Waals surface area contributed by atoms with Crippen LogP contribution in [-0.2, 0) is 16.6 Å². The lowest BCUT2D eigenvalue weighted by atomic mass is 9.61. The van der Waals surface area contributed by atoms with E-state index < -0.39 is 0 Å². The van der Waals surface area contributed by atoms with Crippen LogP contribution < -0.4 is 4.74 Å². The van der Waals surface area contributed by atoms with E-state index in [4.69, 9.17) is 9.15 Å². The average Bonchev–Trinajstić information content (AvgIpc) is 3.44. The summed E-state index contributed by atoms with van der Waals surface area (Å²) < 4.78 is 10.7. The third-order valence-corrected chi connectivity index (χ3v) is 7.68. The topological polar surface area (TPSA) is 45.9 Å². The first-order chi connectivity index (χ1) is 15.0. The number of furan rings is 1. The SMILES string of the molecule is COc1ccc2c(c1)[C@@]1(C)CCN(CC3CC3)C(C2)[C@H]1N(C)C(=O)/C=C/c1ccoc1. The van der Waals surface area contributed by atoms with Crippen molar-refractivity contribution in [3.05, 3.63) is 59.6 Å². The van der Waals surface area contributed by atoms with Gasteiger partial charge < -0.3 is 14.1 Å². The highest BCUT2D eigenvalue weighted by Gasteiger charge is 2.53. The van der Waals surface area contributed by atoms with Gasteiger partial charge >= 0.3 is 0 Å². The number of methoxy groups -OCH3 is 1. The summed E-state index contributed by atoms with van der Waals surface area (Å²) in [5.41, 5.74) is 3.56. The summed E-state index contributed by atoms with van der Waals surface area (Å²) in [5.74, 6) is 1.78. The lowest BCUT2D eigenvalue weighted by molar-refractivity contribution is -0.132. The van der Waals surface area contributed by atoms with E-state index in [1.807, 2.05) is 24.1 Å². The second kappa shape index (κ2) is 7.86. The van der Waals surface area contributed by atoms with Gasteiger partial charge in [0.25, 0.3) is 0 Å². The maximum Gasteiger partial charge on any atom is 0.246 e. The van der Waals surface area contributed by atoms with Crippen LogP contribution in [-0.4, -0.2) is 55.0 Å². The van der Waals surface area contributed by atoms with E-state index in [9.17, 15) is 4.79 Å². The van der Waals surface area contributed by atoms with Crippen LogP contribution in [0.1, 0.15) is 42.9 Å². The molecule has 164 valence electrons. The number of benzene rings is 1. The molecule has 1 aromatic carbocycles. The van der Waals surface area contributed by atoms with Gasteiger partial charge in [-0.25, -0.2) is 0 Å². The first kappa shape index (κ1) is 20.4. The number of piperidine rings is 1. The summed E-state index contributed by atoms with van der Waals surface area (Å²) >= 11 is 0. The Kier molecular flexibility index (Phi) is 5.17. The Balaban J connectivity index is 1.50. The molecule has 1 amide bonds. The monoisotopic (exact) mass is 420 g/mol. The van der Waals surface area contributed by atoms with Crippen LogP contribution >= 0.6 is 0 Å². The molecule has 1 aromatic heterocycles. The van der Waals surface area contributed by atoms with Gasteiger partial charge in [0.1, 0.15) is 5.75 Å². The van der Waals surface area contributed by atoms with E-state index >= 15 is 0 Å². The number of rotatable bonds is 6. The highest BCUT2D eigenvalue weighted by atomic mass is 16.5. The van der Waals surface area contributed by atoms with Crippen molar-refractivity contribution < 1.29 is 13.9 Å². The van der Waals surface area contributed by atoms with Gasteiger partial charge in [-0.2, -0.15) is 0 Å². The van der Waals surface area contributed by atoms with E-state index in [1.54, 1.807) is 25.7 Å². The maximum atomic E-state index is 13.3. The maximum absolute atomic E-state index is 13.3. The minimum Gasteiger partial charge on any atom is -0.497 e. The molecule has 0 N–H and O–H groups in total. The normalized spacial score (nSPS) is 27.8. The van der Waals surface area contributed by atoms with Crippen LogP contribution in [0, 0.1) is 5.92 Å². The van der Waals surface area contributed by atoms with Crippen molar-refractivity contribution in [2.75, 3.05) is 27.2 Å². The molecule has 0 spiro atoms. The zero-order valence-electron chi connectivity index (χ0n) is 18.7. The van der Waals surface area contributed by atoms with Gasteiger partial charge in [-0.3, -0.25) is 9.69 Å². The molecule has 1 unspecified atom stereocenters. The van der Waals surface area contributed by atoms with Crippen molar-refractivity contribution in [1.29, 1.82) is 0 Å². The lowest BCUT2D eigenvalue weighted by Crippen LogP contribution is -2.68. The van der Waals surface area contributed by atoms with Gasteiger partial charge in [-0.05, 0) is 73.5 Å². The van der Waals surface area contributed by atoms with E-state index in [1.165, 1.54) is 24.0 Å². The molecule has 1 aliphatic heterocycles. The van der Waals surface area contributed by atoms with E-state index in [0.717, 1.165) is 43.2 Å². The molecule has 2 aromatic rings. The quantitative estimate of drug-likeness (QED) is 0.660. The predicted octanol–water partition coefficient (Wildman–Crippen LogP) is 4.13. The molecule has 5 nitrogen and oxygen atoms in total. The average molecular weight is 421 g/mol. The Labute approximate surface area is 184 Å². The van der Waals surface area contributed by atoms with E-state index in [0.29, 0.717) is 6.04 Å². The number of amides is 1. The molecule has 2 aliphatic carbocycles. The first-order valence-electron chi connectivity index (χ1n) is 11.4. The molecule has 3 atom stereocenters. The van der Waals surface area contributed by atoms with Crippen molar-refractivity contribution in [3.8, 4) is 5.75 Å². The van der Waals surface area contributed by atoms with Gasteiger partial charge in [0, 0.05) is 36.7 Å². The van der Waals surface area contributed by atoms with Crippen molar-refractivity contribution in [2.24, 2.45) is 5.92 Å². The number of hydrogen-bond acceptors (Lipinski definition) is 4. The van der Waals surface area contributed by atoms with Crippen LogP contribution in [0.4, 0.5) is 0 Å². The lowest BCUT2D eigenvalue weighted by Gasteiger charge is -2.58. The fraction of sp³-hybridized carbons (Fsp3) is 0.500. The second-order valence-electron chi connectivity index (χ2n) is 9.68. The Morgan fingerprint density at radius 3 is 2.90 bits per heavy atom. The summed E-state index contributed by atoms with van der Waals surface area (Å²) in [6.07, 6.45) is 11.5. The van der Waals surface area contributed by atoms with Gasteiger partial charge in [0.2, 0.25) is 5.91 Å². The standard InChI is InChI=1S/C26H32N2O3/c1-26-11-12-28(16-18-4-5-18)23(14-20-7-8-21(30-3)15-22(20)26)25(26)27(2)24(29)9-6-19-10-13-31-17-19/h6-10,13,15,17-18,23,25H,4-5,11-12,14,16H2,1-3H3/b9-6+/t23?,25-,26-/m1/s1. The molecule has 2 bridgehead atoms. The fourth-order valence-corrected chi connectivity index (χ4v) is 5.80. The predicted molar refractivity (Wildman–Crippen MR) is 121 cm³/mol. The number of likely N-dealkylation sites (tertiary alicyclic amines) is 1. The second-order valence-corrected chi connectivity index (χ2v) is 9.68. The molecular formula is C26H32N2O3. The molecule has 5 rings (SSSR count). The molecule has 1 saturated heterocycles. The summed E-state index contributed by atoms with van der Waals surface area (Å²) in [5, 5.41) is 0. The zero-order chi connectivity index (χ0) is 21.6. The Morgan fingerprint density at radius 2 is 2.19 bits per heavy atom. The zero-order valence-corrected chi connectivity index (χ0v) is 18.7. The number of likely N-dealkylation sites (N-methyl/N-ethyl adjacent to an activating group) is 1. The largest absolute Gasteiger partial charge is 0.497 e. The first-order valence-corrected chi connectivity index (χ1v) is 11.4. The van der Waals surface area contributed by atoms with Crippen LogP contribution in [0.5, 0.6) is 5.75 Å². The number of carbonyl (C=O) groups excluding carboxylic acids is 1. The molecule has 0 radical (unpaired) electrons. The number of hydrogen-bond donors (Lipinski definition) is 0. The molecule has 3 aliphatic rings. The molecule has 1 saturated carbocycles. The highest BCUT2D eigenvalue weighted by molar-refractivity contribution is 5.92. The molecular weight excluding hydrogens is 388 g/mol. The smallest absolute Gasteiger partial charge is 0.246 e. The Morgan fingerprint density at radius 1 is 1.35 bits per heavy atom. The summed E-state index contributed by atoms with van der Waals surface area (Å²) in [6, 6.07) is 8.84. The van der Waals surface area contributed by atoms with Gasteiger partial charge in [0.15, 0.2) is 0 Å². The Bertz CT molecular complexity index is 979. The molecule has 5 heteroatoms. The van der Waals surface area contributed by atoms with Crippen LogP contribution in [0.3, 0.4) is 0 Å². The number of fused-ring (bicyclic) bond motifs is 4. The highest BCUT2D eigenvalue weighted by Crippen LogP contribution is 2.48. The van der Waals surface area contributed by atoms with Crippen molar-refractivity contribution in [2.45, 2.75) is 50.1 Å². The summed E-state index contributed by atoms with van der Waals surface area (Å²) in [7, 11) is 3.70. The van der Waals surface area contributed by atoms with Crippen LogP contribution in [0.25, 0.3) is 6.08 Å². The van der Waals surface area contributed by atoms with Crippen molar-refractivity contribution >= 4 is 12.0 Å². The van der Waals surface area contributed by atoms with Gasteiger partial charge in [-0.15, -0.1) is 0 Å². The third-order valence-electron chi connectivity index (χ3n) is 7.68. The third kappa shape index (κ3) is 3.69. The van der Waals surface area contributed by atoms with Crippen molar-refractivity contribution in [3.63, 3.8) is 0 Å². The molecule has 31 heavy (non-hydrogen) atoms. The van der Waals surface area contributed by atoms with Crippen molar-refractivity contribution in [1.82, 2.24) is 9.80 Å². The van der Waals surface area contributed by atoms with Gasteiger partial charge in [-0.1, -0.05) is 13.0 Å². The molecule has 2 fully saturated rings. The van der Waals surface area contributed by atoms with Crippen LogP contribution in [0.15, 0.2) is 47.3 Å². The van der Waals surface area contributed by atoms with E-state index in [-0.39, 0.29) is 17.4 Å². The number of carbonyl (C=O) groups is 1. The summed E-state index contributed by atoms with van der Waals surface area (Å²) in [6.45, 7) is 4.60. The van der Waals surface area contributed by atoms with Gasteiger partial charge in [0.05, 0.1) is 25.7 Å². The molecule has 2 heterocycles. The summed E-state index contributed by atoms with van der Waals surface area (Å²) in [4.78, 5) is 17.9. The fourth-order valence-electron chi connectivity index (χ4n) is 5.80. The van der Waals surface area contributed by atoms with Crippen LogP contribution in [0.2, 0.25) is 0 Å². The van der Waals surface area contributed by atoms with E-state index in [2.05, 4.69) is 30.0 Å².